The number of thioether (sulfide) groups is 1. The summed E-state index contributed by atoms with van der Waals surface area (Å²) >= 11 is 2.24. The molecule has 5 rings (SSSR count). The zero-order chi connectivity index (χ0) is 21.0. The van der Waals surface area contributed by atoms with E-state index in [1.807, 2.05) is 0 Å². The van der Waals surface area contributed by atoms with Crippen LogP contribution in [0.15, 0.2) is 58.4 Å². The molecule has 2 aliphatic rings. The number of aromatic nitrogens is 1. The molecule has 0 saturated carbocycles. The van der Waals surface area contributed by atoms with Gasteiger partial charge in [-0.1, -0.05) is 35.2 Å². The second-order valence-electron chi connectivity index (χ2n) is 7.01. The molecular formula is C21H15FN2O4S2. The van der Waals surface area contributed by atoms with Crippen molar-refractivity contribution in [2.75, 3.05) is 12.0 Å². The molecule has 0 radical (unpaired) electrons. The highest BCUT2D eigenvalue weighted by atomic mass is 32.2. The molecule has 0 aliphatic carbocycles. The van der Waals surface area contributed by atoms with E-state index in [0.29, 0.717) is 26.9 Å². The van der Waals surface area contributed by atoms with E-state index in [2.05, 4.69) is 4.98 Å². The lowest BCUT2D eigenvalue weighted by molar-refractivity contribution is -0.122. The van der Waals surface area contributed by atoms with Crippen molar-refractivity contribution in [1.29, 1.82) is 0 Å². The molecule has 152 valence electrons. The van der Waals surface area contributed by atoms with Crippen LogP contribution >= 0.6 is 23.1 Å². The number of thiazole rings is 1. The number of rotatable bonds is 3. The Balaban J connectivity index is 1.62. The fourth-order valence-electron chi connectivity index (χ4n) is 4.03. The molecule has 3 heterocycles. The van der Waals surface area contributed by atoms with Crippen LogP contribution in [-0.2, 0) is 9.59 Å². The van der Waals surface area contributed by atoms with Gasteiger partial charge in [0.2, 0.25) is 11.8 Å². The molecule has 2 aromatic carbocycles. The summed E-state index contributed by atoms with van der Waals surface area (Å²) < 4.78 is 18.7. The fourth-order valence-corrected chi connectivity index (χ4v) is 6.55. The summed E-state index contributed by atoms with van der Waals surface area (Å²) in [6.45, 7) is 0. The molecule has 30 heavy (non-hydrogen) atoms. The predicted octanol–water partition coefficient (Wildman–Crippen LogP) is 3.38. The summed E-state index contributed by atoms with van der Waals surface area (Å²) in [5, 5.41) is -0.0780. The first-order valence-corrected chi connectivity index (χ1v) is 10.8. The number of aromatic amines is 1. The van der Waals surface area contributed by atoms with Gasteiger partial charge in [-0.15, -0.1) is 0 Å². The molecule has 1 aromatic heterocycles. The molecule has 3 unspecified atom stereocenters. The molecule has 0 bridgehead atoms. The Morgan fingerprint density at radius 2 is 1.70 bits per heavy atom. The molecule has 1 fully saturated rings. The number of carbonyl (C=O) groups excluding carboxylic acids is 2. The third kappa shape index (κ3) is 2.88. The van der Waals surface area contributed by atoms with E-state index in [-0.39, 0.29) is 16.7 Å². The minimum atomic E-state index is -0.686. The molecule has 6 nitrogen and oxygen atoms in total. The molecule has 1 N–H and O–H groups in total. The highest BCUT2D eigenvalue weighted by Crippen LogP contribution is 2.53. The van der Waals surface area contributed by atoms with Gasteiger partial charge in [0.1, 0.15) is 16.8 Å². The highest BCUT2D eigenvalue weighted by molar-refractivity contribution is 8.00. The third-order valence-corrected chi connectivity index (χ3v) is 7.78. The van der Waals surface area contributed by atoms with Crippen LogP contribution < -0.4 is 14.5 Å². The quantitative estimate of drug-likeness (QED) is 0.629. The fraction of sp³-hybridized carbons (Fsp3) is 0.190. The van der Waals surface area contributed by atoms with E-state index in [0.717, 1.165) is 11.3 Å². The Bertz CT molecular complexity index is 1200. The Kier molecular flexibility index (Phi) is 4.52. The van der Waals surface area contributed by atoms with Crippen molar-refractivity contribution in [2.24, 2.45) is 5.92 Å². The van der Waals surface area contributed by atoms with Crippen LogP contribution in [0, 0.1) is 11.7 Å². The Labute approximate surface area is 178 Å². The van der Waals surface area contributed by atoms with Crippen molar-refractivity contribution in [3.05, 3.63) is 74.5 Å². The highest BCUT2D eigenvalue weighted by Gasteiger charge is 2.56. The van der Waals surface area contributed by atoms with E-state index in [4.69, 9.17) is 4.74 Å². The lowest BCUT2D eigenvalue weighted by Gasteiger charge is -2.29. The van der Waals surface area contributed by atoms with Gasteiger partial charge in [-0.3, -0.25) is 14.4 Å². The Hall–Kier alpha value is -2.91. The lowest BCUT2D eigenvalue weighted by Crippen LogP contribution is -2.32. The van der Waals surface area contributed by atoms with Gasteiger partial charge in [0.05, 0.1) is 23.7 Å². The molecule has 9 heteroatoms. The van der Waals surface area contributed by atoms with Crippen molar-refractivity contribution < 1.29 is 18.7 Å². The van der Waals surface area contributed by atoms with E-state index < -0.39 is 22.9 Å². The third-order valence-electron chi connectivity index (χ3n) is 5.38. The number of carbonyl (C=O) groups is 2. The van der Waals surface area contributed by atoms with Gasteiger partial charge in [-0.05, 0) is 42.0 Å². The summed E-state index contributed by atoms with van der Waals surface area (Å²) in [7, 11) is 1.54. The van der Waals surface area contributed by atoms with E-state index in [1.54, 1.807) is 43.5 Å². The number of hydrogen-bond donors (Lipinski definition) is 1. The van der Waals surface area contributed by atoms with Gasteiger partial charge in [0.25, 0.3) is 0 Å². The molecule has 3 aromatic rings. The number of amides is 2. The summed E-state index contributed by atoms with van der Waals surface area (Å²) in [4.78, 5) is 43.2. The SMILES string of the molecule is COc1ccc(N2C(=O)C3Sc4[nH]c(=O)sc4C(c4ccc(F)cc4)C3C2=O)cc1. The first kappa shape index (κ1) is 19.1. The topological polar surface area (TPSA) is 79.5 Å². The van der Waals surface area contributed by atoms with Gasteiger partial charge in [0, 0.05) is 10.8 Å². The zero-order valence-electron chi connectivity index (χ0n) is 15.6. The maximum absolute atomic E-state index is 13.5. The molecule has 2 aliphatic heterocycles. The van der Waals surface area contributed by atoms with E-state index in [1.165, 1.54) is 28.8 Å². The number of anilines is 1. The number of nitrogens with one attached hydrogen (secondary N) is 1. The minimum absolute atomic E-state index is 0.244. The van der Waals surface area contributed by atoms with Crippen molar-refractivity contribution in [3.63, 3.8) is 0 Å². The number of benzene rings is 2. The van der Waals surface area contributed by atoms with Crippen LogP contribution in [0.1, 0.15) is 16.4 Å². The van der Waals surface area contributed by atoms with Crippen LogP contribution in [0.5, 0.6) is 5.75 Å². The van der Waals surface area contributed by atoms with Gasteiger partial charge in [-0.2, -0.15) is 0 Å². The van der Waals surface area contributed by atoms with Crippen molar-refractivity contribution in [2.45, 2.75) is 16.2 Å². The van der Waals surface area contributed by atoms with Crippen LogP contribution in [0.4, 0.5) is 10.1 Å². The summed E-state index contributed by atoms with van der Waals surface area (Å²) in [6.07, 6.45) is 0. The number of H-pyrrole nitrogens is 1. The number of fused-ring (bicyclic) bond motifs is 2. The zero-order valence-corrected chi connectivity index (χ0v) is 17.3. The second kappa shape index (κ2) is 7.10. The maximum atomic E-state index is 13.5. The van der Waals surface area contributed by atoms with Crippen molar-refractivity contribution in [1.82, 2.24) is 4.98 Å². The molecule has 2 amide bonds. The molecular weight excluding hydrogens is 427 g/mol. The van der Waals surface area contributed by atoms with Gasteiger partial charge in [0.15, 0.2) is 0 Å². The Morgan fingerprint density at radius 3 is 2.37 bits per heavy atom. The summed E-state index contributed by atoms with van der Waals surface area (Å²) in [5.41, 5.74) is 1.16. The van der Waals surface area contributed by atoms with Gasteiger partial charge in [-0.25, -0.2) is 9.29 Å². The molecule has 3 atom stereocenters. The maximum Gasteiger partial charge on any atom is 0.305 e. The average molecular weight is 442 g/mol. The van der Waals surface area contributed by atoms with Crippen LogP contribution in [0.2, 0.25) is 0 Å². The second-order valence-corrected chi connectivity index (χ2v) is 9.18. The van der Waals surface area contributed by atoms with Crippen LogP contribution in [-0.4, -0.2) is 29.2 Å². The first-order valence-electron chi connectivity index (χ1n) is 9.15. The molecule has 1 saturated heterocycles. The first-order chi connectivity index (χ1) is 14.5. The standard InChI is InChI=1S/C21H15FN2O4S2/c1-28-13-8-6-12(7-9-13)24-19(25)15-14(10-2-4-11(22)5-3-10)16-18(23-21(27)30-16)29-17(15)20(24)26/h2-9,14-15,17H,1H3,(H,23,27). The van der Waals surface area contributed by atoms with Crippen molar-refractivity contribution >= 4 is 40.6 Å². The average Bonchev–Trinajstić information content (AvgIpc) is 3.24. The number of nitrogens with zero attached hydrogens (tertiary/aromatic N) is 1. The minimum Gasteiger partial charge on any atom is -0.497 e. The summed E-state index contributed by atoms with van der Waals surface area (Å²) in [6, 6.07) is 12.6. The van der Waals surface area contributed by atoms with Crippen LogP contribution in [0.3, 0.4) is 0 Å². The van der Waals surface area contributed by atoms with Crippen molar-refractivity contribution in [3.8, 4) is 5.75 Å². The van der Waals surface area contributed by atoms with Gasteiger partial charge < -0.3 is 9.72 Å². The molecule has 0 spiro atoms. The monoisotopic (exact) mass is 442 g/mol. The van der Waals surface area contributed by atoms with Crippen LogP contribution in [0.25, 0.3) is 0 Å². The van der Waals surface area contributed by atoms with Gasteiger partial charge >= 0.3 is 4.87 Å². The number of imide groups is 1. The normalized spacial score (nSPS) is 22.7. The number of ether oxygens (including phenoxy) is 1. The van der Waals surface area contributed by atoms with E-state index >= 15 is 0 Å². The number of hydrogen-bond acceptors (Lipinski definition) is 6. The lowest BCUT2D eigenvalue weighted by atomic mass is 9.83. The smallest absolute Gasteiger partial charge is 0.305 e. The summed E-state index contributed by atoms with van der Waals surface area (Å²) in [5.74, 6) is -1.62. The number of halogens is 1. The largest absolute Gasteiger partial charge is 0.497 e. The Morgan fingerprint density at radius 1 is 1.00 bits per heavy atom. The number of methoxy groups -OCH3 is 1. The van der Waals surface area contributed by atoms with E-state index in [9.17, 15) is 18.8 Å². The predicted molar refractivity (Wildman–Crippen MR) is 112 cm³/mol.